The van der Waals surface area contributed by atoms with Crippen LogP contribution in [0.2, 0.25) is 0 Å². The highest BCUT2D eigenvalue weighted by Gasteiger charge is 2.17. The maximum atomic E-state index is 5.00. The molecule has 0 fully saturated rings. The Morgan fingerprint density at radius 1 is 0.804 bits per heavy atom. The lowest BCUT2D eigenvalue weighted by atomic mass is 9.91. The average Bonchev–Trinajstić information content (AvgIpc) is 3.41. The van der Waals surface area contributed by atoms with E-state index in [1.807, 2.05) is 44.4 Å². The van der Waals surface area contributed by atoms with Gasteiger partial charge in [-0.2, -0.15) is 0 Å². The standard InChI is InChI=1S/C42H40N4/c1-7-13-38-39(14-8-2)46(6)42(44-38)35-27-23-32(24-28-35)37-20-12-18-33-17-11-19-36(40(33)37)31-21-25-34(26-22-31)41-43-29(3)15-9-10-16-30(4)45(41)5/h7-13,15-29H,2,4,14H2,1,3,5-6H3/b13-7-,15-9-,16-10-,43-41-. The van der Waals surface area contributed by atoms with Crippen molar-refractivity contribution < 1.29 is 0 Å². The molecule has 0 bridgehead atoms. The third-order valence-electron chi connectivity index (χ3n) is 8.58. The number of hydrogen-bond donors (Lipinski definition) is 0. The van der Waals surface area contributed by atoms with Crippen molar-refractivity contribution in [2.24, 2.45) is 12.0 Å². The zero-order valence-corrected chi connectivity index (χ0v) is 27.1. The van der Waals surface area contributed by atoms with Gasteiger partial charge in [0.05, 0.1) is 11.7 Å². The Bertz CT molecular complexity index is 2030. The monoisotopic (exact) mass is 600 g/mol. The van der Waals surface area contributed by atoms with Gasteiger partial charge in [0.15, 0.2) is 0 Å². The molecule has 0 saturated heterocycles. The fourth-order valence-corrected chi connectivity index (χ4v) is 6.13. The van der Waals surface area contributed by atoms with Gasteiger partial charge in [-0.3, -0.25) is 4.99 Å². The predicted octanol–water partition coefficient (Wildman–Crippen LogP) is 10.0. The van der Waals surface area contributed by atoms with Crippen molar-refractivity contribution >= 4 is 22.7 Å². The Morgan fingerprint density at radius 2 is 1.41 bits per heavy atom. The number of aliphatic imine (C=N–C) groups is 1. The lowest BCUT2D eigenvalue weighted by molar-refractivity contribution is 0.643. The molecule has 2 heterocycles. The first-order valence-corrected chi connectivity index (χ1v) is 15.8. The third kappa shape index (κ3) is 5.94. The summed E-state index contributed by atoms with van der Waals surface area (Å²) in [6, 6.07) is 30.7. The van der Waals surface area contributed by atoms with E-state index in [-0.39, 0.29) is 6.04 Å². The summed E-state index contributed by atoms with van der Waals surface area (Å²) in [5, 5.41) is 2.45. The van der Waals surface area contributed by atoms with Crippen LogP contribution in [0.15, 0.2) is 145 Å². The van der Waals surface area contributed by atoms with Gasteiger partial charge in [0.1, 0.15) is 11.7 Å². The molecule has 1 aliphatic rings. The minimum Gasteiger partial charge on any atom is -0.330 e. The zero-order chi connectivity index (χ0) is 32.2. The average molecular weight is 601 g/mol. The maximum Gasteiger partial charge on any atom is 0.140 e. The molecule has 1 aromatic heterocycles. The van der Waals surface area contributed by atoms with Crippen LogP contribution < -0.4 is 0 Å². The molecule has 0 aliphatic carbocycles. The third-order valence-corrected chi connectivity index (χ3v) is 8.58. The molecule has 6 rings (SSSR count). The SMILES string of the molecule is C=CCc1c(/C=C\C)nc(-c2ccc(-c3cccc4cccc(-c5ccc(/C6=N/C(C)/C=C\C=C/C(=C)N6C)cc5)c34)cc2)n1C. The van der Waals surface area contributed by atoms with Crippen molar-refractivity contribution in [2.45, 2.75) is 26.3 Å². The summed E-state index contributed by atoms with van der Waals surface area (Å²) >= 11 is 0. The molecule has 0 saturated carbocycles. The first-order valence-electron chi connectivity index (χ1n) is 15.8. The van der Waals surface area contributed by atoms with Crippen LogP contribution in [0.1, 0.15) is 30.8 Å². The Morgan fingerprint density at radius 3 is 2.02 bits per heavy atom. The topological polar surface area (TPSA) is 33.4 Å². The molecule has 5 aromatic rings. The predicted molar refractivity (Wildman–Crippen MR) is 197 cm³/mol. The van der Waals surface area contributed by atoms with Gasteiger partial charge in [0.25, 0.3) is 0 Å². The van der Waals surface area contributed by atoms with Crippen LogP contribution in [0.4, 0.5) is 0 Å². The zero-order valence-electron chi connectivity index (χ0n) is 27.1. The van der Waals surface area contributed by atoms with Gasteiger partial charge in [-0.25, -0.2) is 4.98 Å². The molecule has 4 heteroatoms. The van der Waals surface area contributed by atoms with E-state index in [1.54, 1.807) is 0 Å². The summed E-state index contributed by atoms with van der Waals surface area (Å²) in [4.78, 5) is 12.0. The number of amidine groups is 1. The van der Waals surface area contributed by atoms with Gasteiger partial charge in [0.2, 0.25) is 0 Å². The quantitative estimate of drug-likeness (QED) is 0.174. The largest absolute Gasteiger partial charge is 0.330 e. The number of fused-ring (bicyclic) bond motifs is 1. The maximum absolute atomic E-state index is 5.00. The van der Waals surface area contributed by atoms with E-state index in [0.717, 1.165) is 51.9 Å². The van der Waals surface area contributed by atoms with Gasteiger partial charge < -0.3 is 9.47 Å². The van der Waals surface area contributed by atoms with Gasteiger partial charge in [-0.15, -0.1) is 6.58 Å². The molecular weight excluding hydrogens is 560 g/mol. The smallest absolute Gasteiger partial charge is 0.140 e. The van der Waals surface area contributed by atoms with E-state index in [1.165, 1.54) is 27.5 Å². The van der Waals surface area contributed by atoms with Crippen molar-refractivity contribution in [1.82, 2.24) is 14.5 Å². The highest BCUT2D eigenvalue weighted by atomic mass is 15.2. The fraction of sp³-hybridized carbons (Fsp3) is 0.143. The number of likely N-dealkylation sites (N-methyl/N-ethyl adjacent to an activating group) is 1. The first-order chi connectivity index (χ1) is 22.4. The Hall–Kier alpha value is -5.48. The molecule has 1 aliphatic heterocycles. The molecule has 4 aromatic carbocycles. The summed E-state index contributed by atoms with van der Waals surface area (Å²) in [5.74, 6) is 1.86. The Kier molecular flexibility index (Phi) is 8.80. The van der Waals surface area contributed by atoms with E-state index in [2.05, 4.69) is 134 Å². The van der Waals surface area contributed by atoms with E-state index in [0.29, 0.717) is 0 Å². The van der Waals surface area contributed by atoms with Crippen LogP contribution in [0, 0.1) is 0 Å². The van der Waals surface area contributed by atoms with Gasteiger partial charge in [0, 0.05) is 43.0 Å². The second kappa shape index (κ2) is 13.3. The van der Waals surface area contributed by atoms with Gasteiger partial charge >= 0.3 is 0 Å². The number of benzene rings is 4. The fourth-order valence-electron chi connectivity index (χ4n) is 6.13. The number of aromatic nitrogens is 2. The van der Waals surface area contributed by atoms with E-state index in [9.17, 15) is 0 Å². The lowest BCUT2D eigenvalue weighted by Crippen LogP contribution is -2.27. The number of rotatable bonds is 7. The summed E-state index contributed by atoms with van der Waals surface area (Å²) in [5.41, 5.74) is 9.93. The van der Waals surface area contributed by atoms with Crippen molar-refractivity contribution in [3.8, 4) is 33.6 Å². The van der Waals surface area contributed by atoms with Crippen LogP contribution >= 0.6 is 0 Å². The Labute approximate surface area is 272 Å². The van der Waals surface area contributed by atoms with Crippen LogP contribution in [0.25, 0.3) is 50.5 Å². The van der Waals surface area contributed by atoms with Gasteiger partial charge in [-0.1, -0.05) is 122 Å². The van der Waals surface area contributed by atoms with Crippen LogP contribution in [0.3, 0.4) is 0 Å². The summed E-state index contributed by atoms with van der Waals surface area (Å²) in [6.45, 7) is 12.3. The number of nitrogens with zero attached hydrogens (tertiary/aromatic N) is 4. The van der Waals surface area contributed by atoms with Crippen LogP contribution in [-0.2, 0) is 13.5 Å². The second-order valence-electron chi connectivity index (χ2n) is 11.7. The molecule has 1 atom stereocenters. The normalized spacial score (nSPS) is 17.7. The van der Waals surface area contributed by atoms with E-state index in [4.69, 9.17) is 9.98 Å². The first kappa shape index (κ1) is 30.5. The number of hydrogen-bond acceptors (Lipinski definition) is 3. The summed E-state index contributed by atoms with van der Waals surface area (Å²) in [7, 11) is 4.10. The summed E-state index contributed by atoms with van der Waals surface area (Å²) in [6.07, 6.45) is 15.0. The second-order valence-corrected chi connectivity index (χ2v) is 11.7. The number of allylic oxidation sites excluding steroid dienone is 5. The van der Waals surface area contributed by atoms with Crippen molar-refractivity contribution in [2.75, 3.05) is 7.05 Å². The molecule has 4 nitrogen and oxygen atoms in total. The molecule has 0 N–H and O–H groups in total. The van der Waals surface area contributed by atoms with Crippen LogP contribution in [-0.4, -0.2) is 33.4 Å². The van der Waals surface area contributed by atoms with Crippen LogP contribution in [0.5, 0.6) is 0 Å². The lowest BCUT2D eigenvalue weighted by Gasteiger charge is -2.23. The van der Waals surface area contributed by atoms with Crippen molar-refractivity contribution in [3.05, 3.63) is 157 Å². The number of imidazole rings is 1. The van der Waals surface area contributed by atoms with Crippen molar-refractivity contribution in [1.29, 1.82) is 0 Å². The summed E-state index contributed by atoms with van der Waals surface area (Å²) < 4.78 is 2.18. The minimum absolute atomic E-state index is 0.0570. The molecule has 46 heavy (non-hydrogen) atoms. The highest BCUT2D eigenvalue weighted by Crippen LogP contribution is 2.37. The molecule has 228 valence electrons. The van der Waals surface area contributed by atoms with Gasteiger partial charge in [-0.05, 0) is 59.0 Å². The highest BCUT2D eigenvalue weighted by molar-refractivity contribution is 6.07. The van der Waals surface area contributed by atoms with E-state index < -0.39 is 0 Å². The molecule has 1 unspecified atom stereocenters. The van der Waals surface area contributed by atoms with Crippen molar-refractivity contribution in [3.63, 3.8) is 0 Å². The molecule has 0 radical (unpaired) electrons. The Balaban J connectivity index is 1.38. The minimum atomic E-state index is 0.0570. The molecular formula is C42H40N4. The molecule has 0 amide bonds. The van der Waals surface area contributed by atoms with E-state index >= 15 is 0 Å². The molecule has 0 spiro atoms.